The fourth-order valence-electron chi connectivity index (χ4n) is 4.85. The number of rotatable bonds is 5. The number of nitrogens with zero attached hydrogens (tertiary/aromatic N) is 1. The van der Waals surface area contributed by atoms with Crippen molar-refractivity contribution in [2.24, 2.45) is 5.41 Å². The fraction of sp³-hybridized carbons (Fsp3) is 0.400. The Bertz CT molecular complexity index is 1130. The standard InChI is InChI=1S/C25H25F3N2O5/c1-23(2,20(31)30-12-11-24(14-30,21(32)33)25(26,27)28)29-22(34)35-13-19-17-9-5-3-7-15(17)16-8-4-6-10-18(16)19/h3-10,19H,11-14H2,1-2H3,(H,29,34)(H,32,33). The third kappa shape index (κ3) is 4.21. The summed E-state index contributed by atoms with van der Waals surface area (Å²) in [6.07, 6.45) is -6.67. The van der Waals surface area contributed by atoms with Gasteiger partial charge in [0.25, 0.3) is 0 Å². The van der Waals surface area contributed by atoms with Gasteiger partial charge in [-0.1, -0.05) is 48.5 Å². The van der Waals surface area contributed by atoms with Gasteiger partial charge in [0, 0.05) is 19.0 Å². The summed E-state index contributed by atoms with van der Waals surface area (Å²) in [6.45, 7) is 1.28. The molecule has 0 saturated carbocycles. The predicted molar refractivity (Wildman–Crippen MR) is 120 cm³/mol. The Morgan fingerprint density at radius 3 is 2.09 bits per heavy atom. The van der Waals surface area contributed by atoms with Crippen LogP contribution in [0.5, 0.6) is 0 Å². The fourth-order valence-corrected chi connectivity index (χ4v) is 4.85. The summed E-state index contributed by atoms with van der Waals surface area (Å²) in [5.74, 6) is -3.05. The molecule has 1 fully saturated rings. The van der Waals surface area contributed by atoms with E-state index in [-0.39, 0.29) is 19.1 Å². The summed E-state index contributed by atoms with van der Waals surface area (Å²) in [7, 11) is 0. The van der Waals surface area contributed by atoms with Crippen molar-refractivity contribution in [1.29, 1.82) is 0 Å². The molecule has 0 spiro atoms. The van der Waals surface area contributed by atoms with Crippen LogP contribution in [0.25, 0.3) is 11.1 Å². The highest BCUT2D eigenvalue weighted by atomic mass is 19.4. The Balaban J connectivity index is 1.41. The molecule has 2 amide bonds. The maximum atomic E-state index is 13.5. The number of hydrogen-bond acceptors (Lipinski definition) is 4. The second kappa shape index (κ2) is 8.58. The molecule has 0 aromatic heterocycles. The van der Waals surface area contributed by atoms with Gasteiger partial charge in [-0.2, -0.15) is 13.2 Å². The van der Waals surface area contributed by atoms with Crippen molar-refractivity contribution in [3.05, 3.63) is 59.7 Å². The number of ether oxygens (including phenoxy) is 1. The first-order chi connectivity index (χ1) is 16.4. The number of likely N-dealkylation sites (tertiary alicyclic amines) is 1. The molecule has 2 aliphatic rings. The van der Waals surface area contributed by atoms with Crippen LogP contribution in [-0.2, 0) is 14.3 Å². The predicted octanol–water partition coefficient (Wildman–Crippen LogP) is 4.17. The zero-order valence-electron chi connectivity index (χ0n) is 19.2. The number of nitrogens with one attached hydrogen (secondary N) is 1. The van der Waals surface area contributed by atoms with Crippen LogP contribution >= 0.6 is 0 Å². The van der Waals surface area contributed by atoms with Crippen molar-refractivity contribution < 1.29 is 37.4 Å². The number of amides is 2. The molecule has 1 atom stereocenters. The number of hydrogen-bond donors (Lipinski definition) is 2. The first-order valence-corrected chi connectivity index (χ1v) is 11.1. The lowest BCUT2D eigenvalue weighted by Gasteiger charge is -2.32. The second-order valence-electron chi connectivity index (χ2n) is 9.44. The molecule has 1 heterocycles. The van der Waals surface area contributed by atoms with Crippen molar-refractivity contribution in [2.75, 3.05) is 19.7 Å². The topological polar surface area (TPSA) is 95.9 Å². The Kier molecular flexibility index (Phi) is 6.02. The highest BCUT2D eigenvalue weighted by Gasteiger charge is 2.64. The number of alkyl halides is 3. The van der Waals surface area contributed by atoms with Crippen LogP contribution < -0.4 is 5.32 Å². The Morgan fingerprint density at radius 1 is 1.06 bits per heavy atom. The van der Waals surface area contributed by atoms with Crippen LogP contribution in [0.2, 0.25) is 0 Å². The van der Waals surface area contributed by atoms with Crippen molar-refractivity contribution in [3.8, 4) is 11.1 Å². The molecule has 0 bridgehead atoms. The van der Waals surface area contributed by atoms with Crippen molar-refractivity contribution in [2.45, 2.75) is 37.9 Å². The first-order valence-electron chi connectivity index (χ1n) is 11.1. The highest BCUT2D eigenvalue weighted by Crippen LogP contribution is 2.46. The summed E-state index contributed by atoms with van der Waals surface area (Å²) < 4.78 is 45.8. The van der Waals surface area contributed by atoms with Gasteiger partial charge in [0.05, 0.1) is 0 Å². The number of carboxylic acid groups (broad SMARTS) is 1. The molecule has 2 aromatic carbocycles. The number of carbonyl (C=O) groups is 3. The van der Waals surface area contributed by atoms with Crippen LogP contribution in [0.3, 0.4) is 0 Å². The summed E-state index contributed by atoms with van der Waals surface area (Å²) in [5, 5.41) is 11.6. The second-order valence-corrected chi connectivity index (χ2v) is 9.44. The van der Waals surface area contributed by atoms with E-state index in [4.69, 9.17) is 4.74 Å². The summed E-state index contributed by atoms with van der Waals surface area (Å²) in [6, 6.07) is 15.5. The Hall–Kier alpha value is -3.56. The van der Waals surface area contributed by atoms with Gasteiger partial charge in [-0.25, -0.2) is 4.79 Å². The van der Waals surface area contributed by atoms with E-state index in [1.807, 2.05) is 48.5 Å². The minimum atomic E-state index is -5.02. The molecule has 1 saturated heterocycles. The van der Waals surface area contributed by atoms with Gasteiger partial charge >= 0.3 is 18.2 Å². The lowest BCUT2D eigenvalue weighted by atomic mass is 9.86. The van der Waals surface area contributed by atoms with Crippen LogP contribution in [0.15, 0.2) is 48.5 Å². The highest BCUT2D eigenvalue weighted by molar-refractivity contribution is 5.90. The number of carbonyl (C=O) groups excluding carboxylic acids is 2. The maximum absolute atomic E-state index is 13.5. The van der Waals surface area contributed by atoms with E-state index in [0.29, 0.717) is 0 Å². The number of fused-ring (bicyclic) bond motifs is 3. The monoisotopic (exact) mass is 490 g/mol. The first kappa shape index (κ1) is 24.6. The zero-order chi connectivity index (χ0) is 25.6. The number of alkyl carbamates (subject to hydrolysis) is 1. The third-order valence-electron chi connectivity index (χ3n) is 6.80. The summed E-state index contributed by atoms with van der Waals surface area (Å²) >= 11 is 0. The molecule has 7 nitrogen and oxygen atoms in total. The normalized spacial score (nSPS) is 19.7. The minimum absolute atomic E-state index is 0.00401. The van der Waals surface area contributed by atoms with Gasteiger partial charge in [0.15, 0.2) is 5.41 Å². The lowest BCUT2D eigenvalue weighted by Crippen LogP contribution is -2.57. The quantitative estimate of drug-likeness (QED) is 0.656. The molecule has 1 aliphatic carbocycles. The van der Waals surface area contributed by atoms with Gasteiger partial charge in [-0.3, -0.25) is 9.59 Å². The largest absolute Gasteiger partial charge is 0.481 e. The molecule has 186 valence electrons. The van der Waals surface area contributed by atoms with E-state index in [0.717, 1.165) is 27.2 Å². The Morgan fingerprint density at radius 2 is 1.60 bits per heavy atom. The summed E-state index contributed by atoms with van der Waals surface area (Å²) in [5.41, 5.74) is -0.524. The van der Waals surface area contributed by atoms with Gasteiger partial charge in [0.1, 0.15) is 12.1 Å². The van der Waals surface area contributed by atoms with Crippen molar-refractivity contribution in [3.63, 3.8) is 0 Å². The van der Waals surface area contributed by atoms with Crippen LogP contribution in [0, 0.1) is 5.41 Å². The molecule has 10 heteroatoms. The van der Waals surface area contributed by atoms with Crippen LogP contribution in [0.4, 0.5) is 18.0 Å². The summed E-state index contributed by atoms with van der Waals surface area (Å²) in [4.78, 5) is 37.7. The average molecular weight is 490 g/mol. The zero-order valence-corrected chi connectivity index (χ0v) is 19.2. The Labute approximate surface area is 199 Å². The van der Waals surface area contributed by atoms with E-state index < -0.39 is 48.1 Å². The van der Waals surface area contributed by atoms with Gasteiger partial charge < -0.3 is 20.1 Å². The van der Waals surface area contributed by atoms with Crippen molar-refractivity contribution in [1.82, 2.24) is 10.2 Å². The van der Waals surface area contributed by atoms with E-state index in [1.165, 1.54) is 13.8 Å². The minimum Gasteiger partial charge on any atom is -0.481 e. The van der Waals surface area contributed by atoms with Gasteiger partial charge in [-0.05, 0) is 42.5 Å². The molecule has 4 rings (SSSR count). The van der Waals surface area contributed by atoms with E-state index in [2.05, 4.69) is 5.32 Å². The molecule has 2 aromatic rings. The van der Waals surface area contributed by atoms with E-state index >= 15 is 0 Å². The van der Waals surface area contributed by atoms with Crippen LogP contribution in [0.1, 0.15) is 37.3 Å². The third-order valence-corrected chi connectivity index (χ3v) is 6.80. The number of carboxylic acids is 1. The molecule has 1 unspecified atom stereocenters. The molecule has 35 heavy (non-hydrogen) atoms. The smallest absolute Gasteiger partial charge is 0.408 e. The van der Waals surface area contributed by atoms with Crippen LogP contribution in [-0.4, -0.2) is 59.4 Å². The van der Waals surface area contributed by atoms with Gasteiger partial charge in [0.2, 0.25) is 5.91 Å². The van der Waals surface area contributed by atoms with Crippen molar-refractivity contribution >= 4 is 18.0 Å². The average Bonchev–Trinajstić information content (AvgIpc) is 3.38. The molecule has 1 aliphatic heterocycles. The number of halogens is 3. The lowest BCUT2D eigenvalue weighted by molar-refractivity contribution is -0.227. The maximum Gasteiger partial charge on any atom is 0.408 e. The number of benzene rings is 2. The van der Waals surface area contributed by atoms with E-state index in [1.54, 1.807) is 0 Å². The molecule has 2 N–H and O–H groups in total. The molecule has 0 radical (unpaired) electrons. The SMILES string of the molecule is CC(C)(NC(=O)OCC1c2ccccc2-c2ccccc21)C(=O)N1CCC(C(=O)O)(C(F)(F)F)C1. The van der Waals surface area contributed by atoms with E-state index in [9.17, 15) is 32.7 Å². The number of aliphatic carboxylic acids is 1. The van der Waals surface area contributed by atoms with Gasteiger partial charge in [-0.15, -0.1) is 0 Å². The molecular formula is C25H25F3N2O5. The molecular weight excluding hydrogens is 465 g/mol.